The molecule has 3 aromatic carbocycles. The molecule has 1 aromatic heterocycles. The zero-order chi connectivity index (χ0) is 23.2. The van der Waals surface area contributed by atoms with Gasteiger partial charge in [-0.3, -0.25) is 4.79 Å². The van der Waals surface area contributed by atoms with E-state index in [-0.39, 0.29) is 18.1 Å². The molecule has 0 radical (unpaired) electrons. The maximum absolute atomic E-state index is 13.2. The van der Waals surface area contributed by atoms with Gasteiger partial charge in [-0.1, -0.05) is 61.0 Å². The van der Waals surface area contributed by atoms with E-state index >= 15 is 0 Å². The second kappa shape index (κ2) is 10.2. The summed E-state index contributed by atoms with van der Waals surface area (Å²) >= 11 is 0. The Balaban J connectivity index is 1.61. The van der Waals surface area contributed by atoms with Crippen molar-refractivity contribution in [1.29, 1.82) is 0 Å². The highest BCUT2D eigenvalue weighted by Crippen LogP contribution is 2.16. The largest absolute Gasteiger partial charge is 0.322 e. The average molecular weight is 440 g/mol. The summed E-state index contributed by atoms with van der Waals surface area (Å²) in [6.45, 7) is 4.89. The van der Waals surface area contributed by atoms with Gasteiger partial charge in [-0.2, -0.15) is 0 Å². The molecule has 5 nitrogen and oxygen atoms in total. The minimum Gasteiger partial charge on any atom is -0.322 e. The SMILES string of the molecule is CCc1ccc2[nH]c(=O)c(CN(CCc3cccc(C)c3)C(=O)Nc3ccccc3)cc2c1. The first-order chi connectivity index (χ1) is 16.0. The maximum Gasteiger partial charge on any atom is 0.322 e. The fourth-order valence-electron chi connectivity index (χ4n) is 3.95. The molecule has 0 fully saturated rings. The molecule has 0 aliphatic rings. The van der Waals surface area contributed by atoms with Gasteiger partial charge in [-0.15, -0.1) is 0 Å². The summed E-state index contributed by atoms with van der Waals surface area (Å²) in [4.78, 5) is 30.7. The van der Waals surface area contributed by atoms with Gasteiger partial charge in [0.2, 0.25) is 0 Å². The van der Waals surface area contributed by atoms with E-state index in [1.807, 2.05) is 54.6 Å². The average Bonchev–Trinajstić information content (AvgIpc) is 2.82. The van der Waals surface area contributed by atoms with Gasteiger partial charge in [0, 0.05) is 23.3 Å². The van der Waals surface area contributed by atoms with Crippen molar-refractivity contribution in [2.75, 3.05) is 11.9 Å². The van der Waals surface area contributed by atoms with Crippen LogP contribution in [-0.4, -0.2) is 22.5 Å². The van der Waals surface area contributed by atoms with E-state index in [1.54, 1.807) is 4.90 Å². The number of carbonyl (C=O) groups excluding carboxylic acids is 1. The number of aromatic nitrogens is 1. The van der Waals surface area contributed by atoms with Gasteiger partial charge in [-0.25, -0.2) is 4.79 Å². The zero-order valence-corrected chi connectivity index (χ0v) is 19.1. The van der Waals surface area contributed by atoms with Crippen LogP contribution in [0.15, 0.2) is 83.7 Å². The van der Waals surface area contributed by atoms with Crippen molar-refractivity contribution in [3.05, 3.63) is 111 Å². The number of pyridine rings is 1. The smallest absolute Gasteiger partial charge is 0.322 e. The Bertz CT molecular complexity index is 1310. The lowest BCUT2D eigenvalue weighted by molar-refractivity contribution is 0.209. The summed E-state index contributed by atoms with van der Waals surface area (Å²) in [6, 6.07) is 25.4. The van der Waals surface area contributed by atoms with Crippen LogP contribution < -0.4 is 10.9 Å². The van der Waals surface area contributed by atoms with Gasteiger partial charge in [0.05, 0.1) is 6.54 Å². The standard InChI is InChI=1S/C28H29N3O2/c1-3-21-12-13-26-23(17-21)18-24(27(32)30-26)19-31(15-14-22-9-7-8-20(2)16-22)28(33)29-25-10-5-4-6-11-25/h4-13,16-18H,3,14-15,19H2,1-2H3,(H,29,33)(H,30,32). The number of fused-ring (bicyclic) bond motifs is 1. The van der Waals surface area contributed by atoms with Crippen LogP contribution >= 0.6 is 0 Å². The monoisotopic (exact) mass is 439 g/mol. The van der Waals surface area contributed by atoms with Crippen LogP contribution in [0.1, 0.15) is 29.2 Å². The van der Waals surface area contributed by atoms with Gasteiger partial charge < -0.3 is 15.2 Å². The molecule has 2 N–H and O–H groups in total. The fourth-order valence-corrected chi connectivity index (χ4v) is 3.95. The number of hydrogen-bond acceptors (Lipinski definition) is 2. The van der Waals surface area contributed by atoms with Gasteiger partial charge in [-0.05, 0) is 66.6 Å². The van der Waals surface area contributed by atoms with E-state index in [2.05, 4.69) is 48.4 Å². The van der Waals surface area contributed by atoms with E-state index in [4.69, 9.17) is 0 Å². The third kappa shape index (κ3) is 5.69. The zero-order valence-electron chi connectivity index (χ0n) is 19.1. The van der Waals surface area contributed by atoms with E-state index in [0.29, 0.717) is 18.5 Å². The number of aromatic amines is 1. The first-order valence-electron chi connectivity index (χ1n) is 11.3. The Morgan fingerprint density at radius 1 is 0.939 bits per heavy atom. The summed E-state index contributed by atoms with van der Waals surface area (Å²) in [5.41, 5.74) is 5.49. The molecule has 0 bridgehead atoms. The van der Waals surface area contributed by atoms with Crippen LogP contribution in [0.4, 0.5) is 10.5 Å². The Labute approximate surface area is 194 Å². The number of nitrogens with zero attached hydrogens (tertiary/aromatic N) is 1. The molecule has 0 aliphatic heterocycles. The van der Waals surface area contributed by atoms with Gasteiger partial charge in [0.1, 0.15) is 0 Å². The molecule has 4 aromatic rings. The highest BCUT2D eigenvalue weighted by atomic mass is 16.2. The molecule has 168 valence electrons. The second-order valence-electron chi connectivity index (χ2n) is 8.36. The predicted octanol–water partition coefficient (Wildman–Crippen LogP) is 5.68. The van der Waals surface area contributed by atoms with Crippen LogP contribution in [0, 0.1) is 6.92 Å². The predicted molar refractivity (Wildman–Crippen MR) is 135 cm³/mol. The van der Waals surface area contributed by atoms with Crippen LogP contribution in [0.2, 0.25) is 0 Å². The highest BCUT2D eigenvalue weighted by Gasteiger charge is 2.17. The van der Waals surface area contributed by atoms with Crippen molar-refractivity contribution in [2.45, 2.75) is 33.2 Å². The third-order valence-electron chi connectivity index (χ3n) is 5.82. The lowest BCUT2D eigenvalue weighted by Gasteiger charge is -2.23. The molecule has 0 spiro atoms. The number of para-hydroxylation sites is 1. The summed E-state index contributed by atoms with van der Waals surface area (Å²) in [6.07, 6.45) is 1.63. The maximum atomic E-state index is 13.2. The van der Waals surface area contributed by atoms with E-state index < -0.39 is 0 Å². The number of nitrogens with one attached hydrogen (secondary N) is 2. The van der Waals surface area contributed by atoms with Crippen molar-refractivity contribution in [3.8, 4) is 0 Å². The molecule has 0 aliphatic carbocycles. The first kappa shape index (κ1) is 22.3. The Kier molecular flexibility index (Phi) is 6.89. The van der Waals surface area contributed by atoms with Crippen molar-refractivity contribution in [3.63, 3.8) is 0 Å². The molecule has 33 heavy (non-hydrogen) atoms. The molecular weight excluding hydrogens is 410 g/mol. The van der Waals surface area contributed by atoms with E-state index in [1.165, 1.54) is 11.1 Å². The summed E-state index contributed by atoms with van der Waals surface area (Å²) < 4.78 is 0. The van der Waals surface area contributed by atoms with Crippen LogP contribution in [0.3, 0.4) is 0 Å². The number of carbonyl (C=O) groups is 1. The number of aryl methyl sites for hydroxylation is 2. The van der Waals surface area contributed by atoms with Crippen molar-refractivity contribution < 1.29 is 4.79 Å². The van der Waals surface area contributed by atoms with Crippen LogP contribution in [0.5, 0.6) is 0 Å². The molecule has 0 atom stereocenters. The third-order valence-corrected chi connectivity index (χ3v) is 5.82. The molecular formula is C28H29N3O2. The molecule has 2 amide bonds. The number of amides is 2. The molecule has 5 heteroatoms. The fraction of sp³-hybridized carbons (Fsp3) is 0.214. The van der Waals surface area contributed by atoms with Crippen LogP contribution in [-0.2, 0) is 19.4 Å². The van der Waals surface area contributed by atoms with Crippen molar-refractivity contribution in [2.24, 2.45) is 0 Å². The summed E-state index contributed by atoms with van der Waals surface area (Å²) in [5.74, 6) is 0. The lowest BCUT2D eigenvalue weighted by Crippen LogP contribution is -2.37. The van der Waals surface area contributed by atoms with Crippen molar-refractivity contribution in [1.82, 2.24) is 9.88 Å². The Morgan fingerprint density at radius 3 is 2.52 bits per heavy atom. The van der Waals surface area contributed by atoms with Gasteiger partial charge >= 0.3 is 6.03 Å². The highest BCUT2D eigenvalue weighted by molar-refractivity contribution is 5.89. The lowest BCUT2D eigenvalue weighted by atomic mass is 10.1. The van der Waals surface area contributed by atoms with Gasteiger partial charge in [0.15, 0.2) is 0 Å². The Hall–Kier alpha value is -3.86. The Morgan fingerprint density at radius 2 is 1.76 bits per heavy atom. The normalized spacial score (nSPS) is 10.8. The molecule has 0 saturated heterocycles. The number of hydrogen-bond donors (Lipinski definition) is 2. The summed E-state index contributed by atoms with van der Waals surface area (Å²) in [7, 11) is 0. The first-order valence-corrected chi connectivity index (χ1v) is 11.3. The van der Waals surface area contributed by atoms with E-state index in [0.717, 1.165) is 28.6 Å². The molecule has 0 unspecified atom stereocenters. The molecule has 0 saturated carbocycles. The van der Waals surface area contributed by atoms with E-state index in [9.17, 15) is 9.59 Å². The second-order valence-corrected chi connectivity index (χ2v) is 8.36. The summed E-state index contributed by atoms with van der Waals surface area (Å²) in [5, 5.41) is 3.94. The number of urea groups is 1. The topological polar surface area (TPSA) is 65.2 Å². The number of anilines is 1. The van der Waals surface area contributed by atoms with Gasteiger partial charge in [0.25, 0.3) is 5.56 Å². The molecule has 1 heterocycles. The van der Waals surface area contributed by atoms with Crippen LogP contribution in [0.25, 0.3) is 10.9 Å². The minimum absolute atomic E-state index is 0.167. The molecule has 4 rings (SSSR count). The number of rotatable bonds is 7. The number of benzene rings is 3. The minimum atomic E-state index is -0.226. The number of H-pyrrole nitrogens is 1. The quantitative estimate of drug-likeness (QED) is 0.389. The van der Waals surface area contributed by atoms with Crippen molar-refractivity contribution >= 4 is 22.6 Å².